The molecule has 1 saturated heterocycles. The van der Waals surface area contributed by atoms with Gasteiger partial charge in [-0.05, 0) is 43.8 Å². The molecule has 2 amide bonds. The number of carbonyl (C=O) groups is 1. The van der Waals surface area contributed by atoms with Crippen LogP contribution in [0.2, 0.25) is 0 Å². The van der Waals surface area contributed by atoms with Crippen molar-refractivity contribution in [3.63, 3.8) is 0 Å². The smallest absolute Gasteiger partial charge is 0.321 e. The Kier molecular flexibility index (Phi) is 5.83. The largest absolute Gasteiger partial charge is 0.384 e. The fraction of sp³-hybridized carbons (Fsp3) is 0.471. The van der Waals surface area contributed by atoms with Gasteiger partial charge in [0.2, 0.25) is 0 Å². The summed E-state index contributed by atoms with van der Waals surface area (Å²) in [6.07, 6.45) is 4.68. The number of rotatable bonds is 4. The van der Waals surface area contributed by atoms with Gasteiger partial charge in [-0.2, -0.15) is 11.3 Å². The Morgan fingerprint density at radius 1 is 1.44 bits per heavy atom. The van der Waals surface area contributed by atoms with E-state index in [0.29, 0.717) is 18.4 Å². The minimum Gasteiger partial charge on any atom is -0.384 e. The second-order valence-electron chi connectivity index (χ2n) is 6.33. The van der Waals surface area contributed by atoms with Crippen LogP contribution in [0.5, 0.6) is 0 Å². The number of hydrogen-bond donors (Lipinski definition) is 2. The average Bonchev–Trinajstić information content (AvgIpc) is 2.95. The van der Waals surface area contributed by atoms with Gasteiger partial charge in [0.1, 0.15) is 11.6 Å². The Morgan fingerprint density at radius 3 is 3.08 bits per heavy atom. The fourth-order valence-corrected chi connectivity index (χ4v) is 3.69. The summed E-state index contributed by atoms with van der Waals surface area (Å²) in [5, 5.41) is 6.86. The van der Waals surface area contributed by atoms with Crippen molar-refractivity contribution in [1.29, 1.82) is 0 Å². The van der Waals surface area contributed by atoms with E-state index in [2.05, 4.69) is 27.2 Å². The molecule has 0 aromatic carbocycles. The molecule has 7 nitrogen and oxygen atoms in total. The Morgan fingerprint density at radius 2 is 2.32 bits per heavy atom. The van der Waals surface area contributed by atoms with Crippen LogP contribution in [0.4, 0.5) is 16.3 Å². The van der Waals surface area contributed by atoms with Crippen LogP contribution in [-0.4, -0.2) is 52.0 Å². The summed E-state index contributed by atoms with van der Waals surface area (Å²) in [5.41, 5.74) is 6.59. The third-order valence-electron chi connectivity index (χ3n) is 4.50. The van der Waals surface area contributed by atoms with Gasteiger partial charge >= 0.3 is 6.03 Å². The summed E-state index contributed by atoms with van der Waals surface area (Å²) in [6, 6.07) is 4.01. The van der Waals surface area contributed by atoms with Crippen LogP contribution >= 0.6 is 11.3 Å². The molecule has 0 radical (unpaired) electrons. The maximum atomic E-state index is 12.4. The topological polar surface area (TPSA) is 87.4 Å². The number of nitrogens with zero attached hydrogens (tertiary/aromatic N) is 4. The summed E-state index contributed by atoms with van der Waals surface area (Å²) in [6.45, 7) is 2.20. The zero-order valence-corrected chi connectivity index (χ0v) is 15.2. The Labute approximate surface area is 151 Å². The highest BCUT2D eigenvalue weighted by atomic mass is 32.1. The molecule has 1 atom stereocenters. The first-order valence-electron chi connectivity index (χ1n) is 8.47. The van der Waals surface area contributed by atoms with Crippen LogP contribution in [0.15, 0.2) is 29.1 Å². The van der Waals surface area contributed by atoms with Gasteiger partial charge in [-0.25, -0.2) is 14.8 Å². The molecule has 3 rings (SSSR count). The zero-order chi connectivity index (χ0) is 17.6. The van der Waals surface area contributed by atoms with E-state index in [1.54, 1.807) is 23.6 Å². The van der Waals surface area contributed by atoms with Crippen LogP contribution in [0.3, 0.4) is 0 Å². The molecule has 2 aromatic heterocycles. The van der Waals surface area contributed by atoms with Gasteiger partial charge in [0.05, 0.1) is 12.2 Å². The minimum atomic E-state index is -0.0131. The van der Waals surface area contributed by atoms with E-state index >= 15 is 0 Å². The van der Waals surface area contributed by atoms with Gasteiger partial charge < -0.3 is 16.0 Å². The Bertz CT molecular complexity index is 692. The standard InChI is InChI=1S/C17H24N6OS/c1-22(11-16-19-7-4-15(18)21-16)14-3-2-8-23(9-5-14)17(24)20-13-6-10-25-12-13/h4,6-7,10,12,14H,2-3,5,8-9,11H2,1H3,(H,20,24)(H2,18,19,21). The monoisotopic (exact) mass is 360 g/mol. The van der Waals surface area contributed by atoms with Gasteiger partial charge in [0, 0.05) is 30.7 Å². The second-order valence-corrected chi connectivity index (χ2v) is 7.11. The predicted molar refractivity (Wildman–Crippen MR) is 100 cm³/mol. The van der Waals surface area contributed by atoms with Crippen molar-refractivity contribution in [2.24, 2.45) is 0 Å². The molecule has 8 heteroatoms. The molecule has 0 aliphatic carbocycles. The molecule has 3 heterocycles. The number of aromatic nitrogens is 2. The molecule has 1 aliphatic rings. The average molecular weight is 360 g/mol. The van der Waals surface area contributed by atoms with Crippen LogP contribution in [0.25, 0.3) is 0 Å². The first-order valence-corrected chi connectivity index (χ1v) is 9.42. The van der Waals surface area contributed by atoms with Crippen molar-refractivity contribution in [3.05, 3.63) is 34.9 Å². The van der Waals surface area contributed by atoms with Gasteiger partial charge in [-0.1, -0.05) is 0 Å². The molecule has 25 heavy (non-hydrogen) atoms. The maximum Gasteiger partial charge on any atom is 0.321 e. The summed E-state index contributed by atoms with van der Waals surface area (Å²) >= 11 is 1.58. The number of amides is 2. The molecule has 1 aliphatic heterocycles. The first kappa shape index (κ1) is 17.6. The molecule has 134 valence electrons. The third-order valence-corrected chi connectivity index (χ3v) is 5.18. The lowest BCUT2D eigenvalue weighted by molar-refractivity contribution is 0.199. The van der Waals surface area contributed by atoms with Crippen molar-refractivity contribution in [2.75, 3.05) is 31.2 Å². The highest BCUT2D eigenvalue weighted by molar-refractivity contribution is 7.08. The van der Waals surface area contributed by atoms with E-state index in [1.165, 1.54) is 0 Å². The van der Waals surface area contributed by atoms with Gasteiger partial charge in [0.25, 0.3) is 0 Å². The lowest BCUT2D eigenvalue weighted by Gasteiger charge is -2.26. The molecule has 1 unspecified atom stereocenters. The number of likely N-dealkylation sites (tertiary alicyclic amines) is 1. The number of nitrogen functional groups attached to an aromatic ring is 1. The fourth-order valence-electron chi connectivity index (χ4n) is 3.10. The highest BCUT2D eigenvalue weighted by Crippen LogP contribution is 2.19. The SMILES string of the molecule is CN(Cc1nccc(N)n1)C1CCCN(C(=O)Nc2ccsc2)CC1. The quantitative estimate of drug-likeness (QED) is 0.875. The number of urea groups is 1. The van der Waals surface area contributed by atoms with E-state index in [9.17, 15) is 4.79 Å². The summed E-state index contributed by atoms with van der Waals surface area (Å²) < 4.78 is 0. The molecule has 3 N–H and O–H groups in total. The van der Waals surface area contributed by atoms with Crippen molar-refractivity contribution >= 4 is 28.9 Å². The minimum absolute atomic E-state index is 0.0131. The second kappa shape index (κ2) is 8.26. The maximum absolute atomic E-state index is 12.4. The van der Waals surface area contributed by atoms with Crippen LogP contribution in [0, 0.1) is 0 Å². The van der Waals surface area contributed by atoms with E-state index in [0.717, 1.165) is 43.9 Å². The lowest BCUT2D eigenvalue weighted by atomic mass is 10.1. The van der Waals surface area contributed by atoms with E-state index < -0.39 is 0 Å². The molecular formula is C17H24N6OS. The number of hydrogen-bond acceptors (Lipinski definition) is 6. The van der Waals surface area contributed by atoms with E-state index in [-0.39, 0.29) is 6.03 Å². The Balaban J connectivity index is 1.53. The normalized spacial score (nSPS) is 18.2. The number of thiophene rings is 1. The van der Waals surface area contributed by atoms with Crippen LogP contribution in [-0.2, 0) is 6.54 Å². The zero-order valence-electron chi connectivity index (χ0n) is 14.4. The van der Waals surface area contributed by atoms with Crippen molar-refractivity contribution in [1.82, 2.24) is 19.8 Å². The van der Waals surface area contributed by atoms with Gasteiger partial charge in [0.15, 0.2) is 0 Å². The summed E-state index contributed by atoms with van der Waals surface area (Å²) in [5.74, 6) is 1.23. The molecule has 1 fully saturated rings. The van der Waals surface area contributed by atoms with Crippen LogP contribution < -0.4 is 11.1 Å². The highest BCUT2D eigenvalue weighted by Gasteiger charge is 2.23. The molecule has 0 saturated carbocycles. The summed E-state index contributed by atoms with van der Waals surface area (Å²) in [7, 11) is 2.08. The lowest BCUT2D eigenvalue weighted by Crippen LogP contribution is -2.37. The van der Waals surface area contributed by atoms with Gasteiger partial charge in [-0.3, -0.25) is 4.90 Å². The van der Waals surface area contributed by atoms with Crippen molar-refractivity contribution in [2.45, 2.75) is 31.8 Å². The van der Waals surface area contributed by atoms with Crippen molar-refractivity contribution < 1.29 is 4.79 Å². The molecular weight excluding hydrogens is 336 g/mol. The Hall–Kier alpha value is -2.19. The number of carbonyl (C=O) groups excluding carboxylic acids is 1. The number of nitrogens with one attached hydrogen (secondary N) is 1. The van der Waals surface area contributed by atoms with Crippen LogP contribution in [0.1, 0.15) is 25.1 Å². The number of nitrogens with two attached hydrogens (primary N) is 1. The third kappa shape index (κ3) is 4.90. The summed E-state index contributed by atoms with van der Waals surface area (Å²) in [4.78, 5) is 25.1. The molecule has 0 spiro atoms. The number of anilines is 2. The molecule has 0 bridgehead atoms. The van der Waals surface area contributed by atoms with Crippen molar-refractivity contribution in [3.8, 4) is 0 Å². The molecule has 2 aromatic rings. The first-order chi connectivity index (χ1) is 12.1. The van der Waals surface area contributed by atoms with Gasteiger partial charge in [-0.15, -0.1) is 0 Å². The van der Waals surface area contributed by atoms with E-state index in [4.69, 9.17) is 5.73 Å². The van der Waals surface area contributed by atoms with E-state index in [1.807, 2.05) is 21.7 Å². The predicted octanol–water partition coefficient (Wildman–Crippen LogP) is 2.64.